The van der Waals surface area contributed by atoms with E-state index in [2.05, 4.69) is 9.88 Å². The van der Waals surface area contributed by atoms with Gasteiger partial charge in [-0.15, -0.1) is 48.6 Å². The van der Waals surface area contributed by atoms with E-state index < -0.39 is 0 Å². The van der Waals surface area contributed by atoms with E-state index in [1.54, 1.807) is 23.5 Å². The zero-order valence-electron chi connectivity index (χ0n) is 13.2. The molecular formula is C16H23Cl3FN3S. The Morgan fingerprint density at radius 2 is 1.83 bits per heavy atom. The number of piperidine rings is 1. The van der Waals surface area contributed by atoms with Crippen LogP contribution in [0.4, 0.5) is 4.39 Å². The summed E-state index contributed by atoms with van der Waals surface area (Å²) < 4.78 is 13.8. The SMILES string of the molecule is Cl.Cl.Cl.NCC1CCN(Cc2cnc(-c3ccccc3F)s2)CC1. The average molecular weight is 415 g/mol. The molecule has 0 aliphatic carbocycles. The number of hydrogen-bond acceptors (Lipinski definition) is 4. The molecule has 0 spiro atoms. The Labute approximate surface area is 165 Å². The molecule has 2 aromatic rings. The molecule has 0 atom stereocenters. The molecule has 0 amide bonds. The first-order chi connectivity index (χ1) is 10.3. The highest BCUT2D eigenvalue weighted by Gasteiger charge is 2.19. The quantitative estimate of drug-likeness (QED) is 0.807. The van der Waals surface area contributed by atoms with Gasteiger partial charge in [-0.1, -0.05) is 12.1 Å². The molecule has 1 aromatic carbocycles. The number of thiazole rings is 1. The summed E-state index contributed by atoms with van der Waals surface area (Å²) in [6.45, 7) is 3.89. The van der Waals surface area contributed by atoms with Crippen LogP contribution in [0.15, 0.2) is 30.5 Å². The highest BCUT2D eigenvalue weighted by Crippen LogP contribution is 2.28. The van der Waals surface area contributed by atoms with Gasteiger partial charge in [0.1, 0.15) is 10.8 Å². The number of aromatic nitrogens is 1. The maximum atomic E-state index is 13.8. The Kier molecular flexibility index (Phi) is 11.0. The third kappa shape index (κ3) is 5.83. The van der Waals surface area contributed by atoms with Crippen LogP contribution in [0.2, 0.25) is 0 Å². The lowest BCUT2D eigenvalue weighted by Gasteiger charge is -2.30. The Balaban J connectivity index is 0.00000176. The Hall–Kier alpha value is -0.430. The van der Waals surface area contributed by atoms with Crippen LogP contribution in [0.5, 0.6) is 0 Å². The predicted octanol–water partition coefficient (Wildman–Crippen LogP) is 4.39. The molecule has 2 heterocycles. The summed E-state index contributed by atoms with van der Waals surface area (Å²) in [6.07, 6.45) is 4.23. The van der Waals surface area contributed by atoms with Crippen LogP contribution in [-0.4, -0.2) is 29.5 Å². The molecule has 0 unspecified atom stereocenters. The molecule has 8 heteroatoms. The van der Waals surface area contributed by atoms with Crippen LogP contribution in [-0.2, 0) is 6.54 Å². The van der Waals surface area contributed by atoms with Gasteiger partial charge in [0.05, 0.1) is 0 Å². The summed E-state index contributed by atoms with van der Waals surface area (Å²) >= 11 is 1.58. The molecule has 2 N–H and O–H groups in total. The van der Waals surface area contributed by atoms with Gasteiger partial charge < -0.3 is 5.73 Å². The first kappa shape index (κ1) is 23.6. The molecular weight excluding hydrogens is 392 g/mol. The fourth-order valence-electron chi connectivity index (χ4n) is 2.74. The Bertz CT molecular complexity index is 604. The van der Waals surface area contributed by atoms with E-state index in [-0.39, 0.29) is 43.0 Å². The van der Waals surface area contributed by atoms with Gasteiger partial charge in [-0.05, 0) is 50.5 Å². The third-order valence-electron chi connectivity index (χ3n) is 4.08. The molecule has 1 aliphatic rings. The number of likely N-dealkylation sites (tertiary alicyclic amines) is 1. The molecule has 136 valence electrons. The normalized spacial score (nSPS) is 15.1. The van der Waals surface area contributed by atoms with Crippen molar-refractivity contribution in [2.24, 2.45) is 11.7 Å². The van der Waals surface area contributed by atoms with Crippen molar-refractivity contribution in [3.05, 3.63) is 41.2 Å². The van der Waals surface area contributed by atoms with Crippen molar-refractivity contribution in [3.8, 4) is 10.6 Å². The lowest BCUT2D eigenvalue weighted by atomic mass is 9.97. The van der Waals surface area contributed by atoms with Crippen molar-refractivity contribution in [3.63, 3.8) is 0 Å². The summed E-state index contributed by atoms with van der Waals surface area (Å²) in [5.74, 6) is 0.471. The maximum absolute atomic E-state index is 13.8. The fraction of sp³-hybridized carbons (Fsp3) is 0.438. The number of rotatable bonds is 4. The average Bonchev–Trinajstić information content (AvgIpc) is 2.97. The van der Waals surface area contributed by atoms with Crippen molar-refractivity contribution in [2.45, 2.75) is 19.4 Å². The van der Waals surface area contributed by atoms with Gasteiger partial charge >= 0.3 is 0 Å². The number of nitrogens with zero attached hydrogens (tertiary/aromatic N) is 2. The van der Waals surface area contributed by atoms with E-state index in [0.29, 0.717) is 11.5 Å². The van der Waals surface area contributed by atoms with Crippen LogP contribution in [0, 0.1) is 11.7 Å². The summed E-state index contributed by atoms with van der Waals surface area (Å²) in [6, 6.07) is 6.81. The van der Waals surface area contributed by atoms with E-state index in [1.807, 2.05) is 12.3 Å². The number of hydrogen-bond donors (Lipinski definition) is 1. The standard InChI is InChI=1S/C16H20FN3S.3ClH/c17-15-4-2-1-3-14(15)16-19-10-13(21-16)11-20-7-5-12(9-18)6-8-20;;;/h1-4,10,12H,5-9,11,18H2;3*1H. The lowest BCUT2D eigenvalue weighted by Crippen LogP contribution is -2.35. The minimum absolute atomic E-state index is 0. The number of nitrogens with two attached hydrogens (primary N) is 1. The molecule has 1 aromatic heterocycles. The highest BCUT2D eigenvalue weighted by molar-refractivity contribution is 7.15. The smallest absolute Gasteiger partial charge is 0.133 e. The molecule has 3 rings (SSSR count). The van der Waals surface area contributed by atoms with Crippen molar-refractivity contribution in [1.29, 1.82) is 0 Å². The van der Waals surface area contributed by atoms with Gasteiger partial charge in [0.2, 0.25) is 0 Å². The van der Waals surface area contributed by atoms with Crippen LogP contribution in [0.25, 0.3) is 10.6 Å². The van der Waals surface area contributed by atoms with E-state index in [4.69, 9.17) is 5.73 Å². The number of benzene rings is 1. The lowest BCUT2D eigenvalue weighted by molar-refractivity contribution is 0.182. The largest absolute Gasteiger partial charge is 0.330 e. The second-order valence-corrected chi connectivity index (χ2v) is 6.68. The van der Waals surface area contributed by atoms with Gasteiger partial charge in [-0.2, -0.15) is 0 Å². The van der Waals surface area contributed by atoms with Gasteiger partial charge in [-0.3, -0.25) is 4.90 Å². The van der Waals surface area contributed by atoms with E-state index in [0.717, 1.165) is 31.2 Å². The molecule has 3 nitrogen and oxygen atoms in total. The molecule has 0 saturated carbocycles. The van der Waals surface area contributed by atoms with Crippen molar-refractivity contribution >= 4 is 48.6 Å². The van der Waals surface area contributed by atoms with Crippen molar-refractivity contribution in [2.75, 3.05) is 19.6 Å². The highest BCUT2D eigenvalue weighted by atomic mass is 35.5. The van der Waals surface area contributed by atoms with Crippen LogP contribution >= 0.6 is 48.6 Å². The molecule has 24 heavy (non-hydrogen) atoms. The summed E-state index contributed by atoms with van der Waals surface area (Å²) in [5.41, 5.74) is 6.31. The minimum Gasteiger partial charge on any atom is -0.330 e. The van der Waals surface area contributed by atoms with Crippen LogP contribution < -0.4 is 5.73 Å². The second-order valence-electron chi connectivity index (χ2n) is 5.57. The first-order valence-corrected chi connectivity index (χ1v) is 8.20. The topological polar surface area (TPSA) is 42.1 Å². The Morgan fingerprint density at radius 3 is 2.46 bits per heavy atom. The monoisotopic (exact) mass is 413 g/mol. The molecule has 1 saturated heterocycles. The van der Waals surface area contributed by atoms with Crippen LogP contribution in [0.1, 0.15) is 17.7 Å². The van der Waals surface area contributed by atoms with E-state index >= 15 is 0 Å². The van der Waals surface area contributed by atoms with E-state index in [1.165, 1.54) is 23.8 Å². The maximum Gasteiger partial charge on any atom is 0.133 e. The van der Waals surface area contributed by atoms with Crippen LogP contribution in [0.3, 0.4) is 0 Å². The summed E-state index contributed by atoms with van der Waals surface area (Å²) in [4.78, 5) is 8.00. The molecule has 1 fully saturated rings. The second kappa shape index (κ2) is 11.2. The van der Waals surface area contributed by atoms with Crippen molar-refractivity contribution < 1.29 is 4.39 Å². The molecule has 0 bridgehead atoms. The molecule has 0 radical (unpaired) electrons. The van der Waals surface area contributed by atoms with Gasteiger partial charge in [0, 0.05) is 23.2 Å². The van der Waals surface area contributed by atoms with Gasteiger partial charge in [-0.25, -0.2) is 9.37 Å². The van der Waals surface area contributed by atoms with Gasteiger partial charge in [0.15, 0.2) is 0 Å². The minimum atomic E-state index is -0.206. The third-order valence-corrected chi connectivity index (χ3v) is 5.09. The first-order valence-electron chi connectivity index (χ1n) is 7.38. The summed E-state index contributed by atoms with van der Waals surface area (Å²) in [5, 5.41) is 0.764. The summed E-state index contributed by atoms with van der Waals surface area (Å²) in [7, 11) is 0. The number of halogens is 4. The van der Waals surface area contributed by atoms with Crippen molar-refractivity contribution in [1.82, 2.24) is 9.88 Å². The van der Waals surface area contributed by atoms with E-state index in [9.17, 15) is 4.39 Å². The fourth-order valence-corrected chi connectivity index (χ4v) is 3.72. The zero-order valence-corrected chi connectivity index (χ0v) is 16.5. The zero-order chi connectivity index (χ0) is 14.7. The van der Waals surface area contributed by atoms with Gasteiger partial charge in [0.25, 0.3) is 0 Å². The molecule has 1 aliphatic heterocycles. The Morgan fingerprint density at radius 1 is 1.17 bits per heavy atom. The predicted molar refractivity (Wildman–Crippen MR) is 106 cm³/mol.